The van der Waals surface area contributed by atoms with Crippen molar-refractivity contribution in [1.82, 2.24) is 15.6 Å². The molecular weight excluding hydrogens is 432 g/mol. The molecule has 0 aliphatic heterocycles. The van der Waals surface area contributed by atoms with Crippen LogP contribution in [-0.2, 0) is 32.0 Å². The number of aromatic nitrogens is 1. The van der Waals surface area contributed by atoms with Crippen LogP contribution in [0.3, 0.4) is 0 Å². The highest BCUT2D eigenvalue weighted by Gasteiger charge is 2.31. The van der Waals surface area contributed by atoms with Gasteiger partial charge in [0.25, 0.3) is 0 Å². The molecule has 0 aliphatic rings. The molecule has 0 saturated carbocycles. The standard InChI is InChI=1S/C26H32N4O4/c1-16(2)23(26(33)34-3)30-25(32)22(14-18-15-28-21-12-8-7-11-19(18)21)29-24(31)20(27)13-17-9-5-4-6-10-17/h4-12,15-16,20,22-23,28H,13-14,27H2,1-3H3,(H,29,31)(H,30,32)/t20-,22+,23+/m0/s1. The normalized spacial score (nSPS) is 13.8. The van der Waals surface area contributed by atoms with Crippen LogP contribution in [0.15, 0.2) is 60.8 Å². The summed E-state index contributed by atoms with van der Waals surface area (Å²) in [5, 5.41) is 6.50. The van der Waals surface area contributed by atoms with Gasteiger partial charge in [-0.1, -0.05) is 62.4 Å². The van der Waals surface area contributed by atoms with E-state index in [0.717, 1.165) is 22.0 Å². The van der Waals surface area contributed by atoms with Crippen molar-refractivity contribution in [3.63, 3.8) is 0 Å². The summed E-state index contributed by atoms with van der Waals surface area (Å²) in [4.78, 5) is 41.6. The highest BCUT2D eigenvalue weighted by molar-refractivity contribution is 5.93. The summed E-state index contributed by atoms with van der Waals surface area (Å²) in [5.41, 5.74) is 8.88. The SMILES string of the molecule is COC(=O)[C@H](NC(=O)[C@@H](Cc1c[nH]c2ccccc12)NC(=O)[C@@H](N)Cc1ccccc1)C(C)C. The predicted octanol–water partition coefficient (Wildman–Crippen LogP) is 2.08. The smallest absolute Gasteiger partial charge is 0.328 e. The Bertz CT molecular complexity index is 1130. The Balaban J connectivity index is 1.81. The summed E-state index contributed by atoms with van der Waals surface area (Å²) in [6, 6.07) is 14.6. The van der Waals surface area contributed by atoms with Crippen LogP contribution in [0.5, 0.6) is 0 Å². The van der Waals surface area contributed by atoms with E-state index in [4.69, 9.17) is 10.5 Å². The van der Waals surface area contributed by atoms with Crippen molar-refractivity contribution in [1.29, 1.82) is 0 Å². The summed E-state index contributed by atoms with van der Waals surface area (Å²) in [6.07, 6.45) is 2.39. The summed E-state index contributed by atoms with van der Waals surface area (Å²) in [6.45, 7) is 3.62. The van der Waals surface area contributed by atoms with Gasteiger partial charge >= 0.3 is 5.97 Å². The second kappa shape index (κ2) is 11.5. The molecule has 3 rings (SSSR count). The van der Waals surface area contributed by atoms with Crippen LogP contribution in [0.25, 0.3) is 10.9 Å². The van der Waals surface area contributed by atoms with Crippen molar-refractivity contribution >= 4 is 28.7 Å². The fourth-order valence-electron chi connectivity index (χ4n) is 3.85. The molecule has 2 aromatic carbocycles. The van der Waals surface area contributed by atoms with Crippen LogP contribution in [-0.4, -0.2) is 48.0 Å². The molecular formula is C26H32N4O4. The van der Waals surface area contributed by atoms with Crippen LogP contribution in [0.4, 0.5) is 0 Å². The van der Waals surface area contributed by atoms with Gasteiger partial charge in [-0.2, -0.15) is 0 Å². The Morgan fingerprint density at radius 2 is 1.62 bits per heavy atom. The average molecular weight is 465 g/mol. The molecule has 0 saturated heterocycles. The average Bonchev–Trinajstić information content (AvgIpc) is 3.24. The van der Waals surface area contributed by atoms with E-state index in [-0.39, 0.29) is 12.3 Å². The Hall–Kier alpha value is -3.65. The molecule has 0 spiro atoms. The van der Waals surface area contributed by atoms with Crippen LogP contribution in [0.2, 0.25) is 0 Å². The molecule has 3 aromatic rings. The Kier molecular flexibility index (Phi) is 8.43. The molecule has 8 heteroatoms. The number of H-pyrrole nitrogens is 1. The fraction of sp³-hybridized carbons (Fsp3) is 0.346. The molecule has 0 bridgehead atoms. The molecule has 5 N–H and O–H groups in total. The third-order valence-electron chi connectivity index (χ3n) is 5.79. The molecule has 3 atom stereocenters. The third kappa shape index (κ3) is 6.23. The van der Waals surface area contributed by atoms with E-state index in [9.17, 15) is 14.4 Å². The monoisotopic (exact) mass is 464 g/mol. The van der Waals surface area contributed by atoms with E-state index in [0.29, 0.717) is 6.42 Å². The molecule has 2 amide bonds. The molecule has 0 radical (unpaired) electrons. The van der Waals surface area contributed by atoms with Gasteiger partial charge in [0.1, 0.15) is 12.1 Å². The van der Waals surface area contributed by atoms with Gasteiger partial charge in [0, 0.05) is 23.5 Å². The zero-order chi connectivity index (χ0) is 24.7. The maximum Gasteiger partial charge on any atom is 0.328 e. The van der Waals surface area contributed by atoms with E-state index in [1.54, 1.807) is 0 Å². The van der Waals surface area contributed by atoms with Crippen molar-refractivity contribution in [3.05, 3.63) is 71.9 Å². The zero-order valence-electron chi connectivity index (χ0n) is 19.7. The topological polar surface area (TPSA) is 126 Å². The number of amides is 2. The second-order valence-corrected chi connectivity index (χ2v) is 8.67. The fourth-order valence-corrected chi connectivity index (χ4v) is 3.85. The van der Waals surface area contributed by atoms with Crippen molar-refractivity contribution in [2.75, 3.05) is 7.11 Å². The number of hydrogen-bond acceptors (Lipinski definition) is 5. The molecule has 0 fully saturated rings. The van der Waals surface area contributed by atoms with E-state index >= 15 is 0 Å². The van der Waals surface area contributed by atoms with Gasteiger partial charge in [-0.05, 0) is 29.5 Å². The first-order chi connectivity index (χ1) is 16.3. The largest absolute Gasteiger partial charge is 0.467 e. The number of benzene rings is 2. The van der Waals surface area contributed by atoms with Gasteiger partial charge in [-0.3, -0.25) is 9.59 Å². The zero-order valence-corrected chi connectivity index (χ0v) is 19.7. The van der Waals surface area contributed by atoms with E-state index in [2.05, 4.69) is 15.6 Å². The third-order valence-corrected chi connectivity index (χ3v) is 5.79. The molecule has 0 aliphatic carbocycles. The minimum absolute atomic E-state index is 0.193. The summed E-state index contributed by atoms with van der Waals surface area (Å²) >= 11 is 0. The van der Waals surface area contributed by atoms with Crippen molar-refractivity contribution < 1.29 is 19.1 Å². The Morgan fingerprint density at radius 1 is 0.941 bits per heavy atom. The number of para-hydroxylation sites is 1. The van der Waals surface area contributed by atoms with Gasteiger partial charge < -0.3 is 26.1 Å². The first-order valence-corrected chi connectivity index (χ1v) is 11.3. The predicted molar refractivity (Wildman–Crippen MR) is 131 cm³/mol. The minimum Gasteiger partial charge on any atom is -0.467 e. The summed E-state index contributed by atoms with van der Waals surface area (Å²) < 4.78 is 4.84. The molecule has 1 heterocycles. The maximum atomic E-state index is 13.3. The second-order valence-electron chi connectivity index (χ2n) is 8.67. The van der Waals surface area contributed by atoms with Crippen LogP contribution >= 0.6 is 0 Å². The first kappa shape index (κ1) is 25.0. The lowest BCUT2D eigenvalue weighted by molar-refractivity contribution is -0.146. The Morgan fingerprint density at radius 3 is 2.29 bits per heavy atom. The van der Waals surface area contributed by atoms with E-state index in [1.165, 1.54) is 7.11 Å². The molecule has 34 heavy (non-hydrogen) atoms. The molecule has 1 aromatic heterocycles. The van der Waals surface area contributed by atoms with Crippen LogP contribution < -0.4 is 16.4 Å². The minimum atomic E-state index is -0.931. The lowest BCUT2D eigenvalue weighted by atomic mass is 10.0. The van der Waals surface area contributed by atoms with E-state index < -0.39 is 35.9 Å². The highest BCUT2D eigenvalue weighted by Crippen LogP contribution is 2.19. The van der Waals surface area contributed by atoms with Crippen molar-refractivity contribution in [2.45, 2.75) is 44.8 Å². The lowest BCUT2D eigenvalue weighted by Crippen LogP contribution is -2.56. The summed E-state index contributed by atoms with van der Waals surface area (Å²) in [7, 11) is 1.28. The molecule has 8 nitrogen and oxygen atoms in total. The number of ether oxygens (including phenoxy) is 1. The number of carbonyl (C=O) groups is 3. The Labute approximate surface area is 199 Å². The number of esters is 1. The molecule has 0 unspecified atom stereocenters. The number of aromatic amines is 1. The lowest BCUT2D eigenvalue weighted by Gasteiger charge is -2.25. The quantitative estimate of drug-likeness (QED) is 0.342. The highest BCUT2D eigenvalue weighted by atomic mass is 16.5. The van der Waals surface area contributed by atoms with Crippen molar-refractivity contribution in [2.24, 2.45) is 11.7 Å². The van der Waals surface area contributed by atoms with Gasteiger partial charge in [0.05, 0.1) is 13.2 Å². The van der Waals surface area contributed by atoms with Crippen molar-refractivity contribution in [3.8, 4) is 0 Å². The van der Waals surface area contributed by atoms with Gasteiger partial charge in [0.15, 0.2) is 0 Å². The van der Waals surface area contributed by atoms with Gasteiger partial charge in [-0.25, -0.2) is 4.79 Å². The van der Waals surface area contributed by atoms with Crippen LogP contribution in [0.1, 0.15) is 25.0 Å². The van der Waals surface area contributed by atoms with E-state index in [1.807, 2.05) is 74.6 Å². The number of fused-ring (bicyclic) bond motifs is 1. The van der Waals surface area contributed by atoms with Gasteiger partial charge in [0.2, 0.25) is 11.8 Å². The molecule has 180 valence electrons. The number of hydrogen-bond donors (Lipinski definition) is 4. The summed E-state index contributed by atoms with van der Waals surface area (Å²) in [5.74, 6) is -1.65. The number of rotatable bonds is 10. The number of nitrogens with two attached hydrogens (primary N) is 1. The number of methoxy groups -OCH3 is 1. The number of carbonyl (C=O) groups excluding carboxylic acids is 3. The number of nitrogens with one attached hydrogen (secondary N) is 3. The van der Waals surface area contributed by atoms with Gasteiger partial charge in [-0.15, -0.1) is 0 Å². The van der Waals surface area contributed by atoms with Crippen LogP contribution in [0, 0.1) is 5.92 Å². The first-order valence-electron chi connectivity index (χ1n) is 11.3. The maximum absolute atomic E-state index is 13.3.